The van der Waals surface area contributed by atoms with Gasteiger partial charge in [-0.05, 0) is 42.2 Å². The number of amides is 1. The average Bonchev–Trinajstić information content (AvgIpc) is 3.49. The lowest BCUT2D eigenvalue weighted by Gasteiger charge is -2.22. The Kier molecular flexibility index (Phi) is 7.98. The van der Waals surface area contributed by atoms with Crippen LogP contribution in [0.25, 0.3) is 0 Å². The van der Waals surface area contributed by atoms with Gasteiger partial charge >= 0.3 is 0 Å². The molecule has 3 aromatic rings. The minimum Gasteiger partial charge on any atom is -0.447 e. The van der Waals surface area contributed by atoms with Crippen LogP contribution in [0.5, 0.6) is 0 Å². The molecule has 33 heavy (non-hydrogen) atoms. The Morgan fingerprint density at radius 1 is 1.15 bits per heavy atom. The molecule has 1 amide bonds. The Labute approximate surface area is 201 Å². The summed E-state index contributed by atoms with van der Waals surface area (Å²) >= 11 is 12.6. The van der Waals surface area contributed by atoms with Gasteiger partial charge in [-0.3, -0.25) is 9.69 Å². The van der Waals surface area contributed by atoms with Crippen LogP contribution >= 0.6 is 23.2 Å². The first-order chi connectivity index (χ1) is 16.0. The lowest BCUT2D eigenvalue weighted by atomic mass is 10.1. The van der Waals surface area contributed by atoms with E-state index in [-0.39, 0.29) is 23.5 Å². The zero-order chi connectivity index (χ0) is 23.2. The Balaban J connectivity index is 1.45. The Morgan fingerprint density at radius 2 is 1.97 bits per heavy atom. The van der Waals surface area contributed by atoms with Crippen LogP contribution in [0.3, 0.4) is 0 Å². The number of carbonyl (C=O) groups excluding carboxylic acids is 1. The van der Waals surface area contributed by atoms with Gasteiger partial charge in [0.25, 0.3) is 5.91 Å². The fraction of sp³-hybridized carbons (Fsp3) is 0.333. The SMILES string of the molecule is O=C(NCC1CCCO1)c1coc(CN(Cc2ccc(F)cc2)Cc2cccc(Cl)c2Cl)n1. The lowest BCUT2D eigenvalue weighted by molar-refractivity contribution is 0.0853. The summed E-state index contributed by atoms with van der Waals surface area (Å²) in [6.45, 7) is 2.45. The summed E-state index contributed by atoms with van der Waals surface area (Å²) < 4.78 is 24.4. The van der Waals surface area contributed by atoms with Gasteiger partial charge < -0.3 is 14.5 Å². The number of ether oxygens (including phenoxy) is 1. The zero-order valence-electron chi connectivity index (χ0n) is 17.9. The van der Waals surface area contributed by atoms with Gasteiger partial charge in [-0.1, -0.05) is 47.5 Å². The zero-order valence-corrected chi connectivity index (χ0v) is 19.4. The van der Waals surface area contributed by atoms with E-state index in [1.807, 2.05) is 17.0 Å². The molecule has 1 aliphatic rings. The van der Waals surface area contributed by atoms with Crippen LogP contribution < -0.4 is 5.32 Å². The van der Waals surface area contributed by atoms with Crippen LogP contribution in [0.1, 0.15) is 40.3 Å². The normalized spacial score (nSPS) is 15.8. The van der Waals surface area contributed by atoms with Gasteiger partial charge in [-0.15, -0.1) is 0 Å². The third-order valence-electron chi connectivity index (χ3n) is 5.40. The second-order valence-corrected chi connectivity index (χ2v) is 8.74. The maximum absolute atomic E-state index is 13.3. The molecule has 6 nitrogen and oxygen atoms in total. The predicted molar refractivity (Wildman–Crippen MR) is 124 cm³/mol. The standard InChI is InChI=1S/C24H24Cl2FN3O3/c25-20-5-1-3-17(23(20)26)13-30(12-16-6-8-18(27)9-7-16)14-22-29-21(15-33-22)24(31)28-11-19-4-2-10-32-19/h1,3,5-9,15,19H,2,4,10-14H2,(H,28,31). The second-order valence-electron chi connectivity index (χ2n) is 7.96. The Bertz CT molecular complexity index is 1080. The largest absolute Gasteiger partial charge is 0.447 e. The Hall–Kier alpha value is -2.45. The second kappa shape index (κ2) is 11.1. The third-order valence-corrected chi connectivity index (χ3v) is 6.26. The third kappa shape index (κ3) is 6.54. The number of nitrogens with zero attached hydrogens (tertiary/aromatic N) is 2. The van der Waals surface area contributed by atoms with E-state index in [1.54, 1.807) is 18.2 Å². The van der Waals surface area contributed by atoms with Crippen LogP contribution in [0, 0.1) is 5.82 Å². The molecule has 1 N–H and O–H groups in total. The quantitative estimate of drug-likeness (QED) is 0.443. The summed E-state index contributed by atoms with van der Waals surface area (Å²) in [6.07, 6.45) is 3.35. The number of oxazole rings is 1. The van der Waals surface area contributed by atoms with Gasteiger partial charge in [-0.25, -0.2) is 9.37 Å². The summed E-state index contributed by atoms with van der Waals surface area (Å²) in [6, 6.07) is 11.7. The van der Waals surface area contributed by atoms with Gasteiger partial charge in [0.2, 0.25) is 5.89 Å². The summed E-state index contributed by atoms with van der Waals surface area (Å²) in [5.41, 5.74) is 1.97. The van der Waals surface area contributed by atoms with Crippen molar-refractivity contribution >= 4 is 29.1 Å². The molecule has 1 atom stereocenters. The number of rotatable bonds is 9. The molecule has 1 unspecified atom stereocenters. The van der Waals surface area contributed by atoms with Crippen LogP contribution in [0.2, 0.25) is 10.0 Å². The first kappa shape index (κ1) is 23.7. The molecule has 1 aromatic heterocycles. The topological polar surface area (TPSA) is 67.6 Å². The fourth-order valence-electron chi connectivity index (χ4n) is 3.71. The van der Waals surface area contributed by atoms with Crippen molar-refractivity contribution in [1.29, 1.82) is 0 Å². The van der Waals surface area contributed by atoms with Crippen molar-refractivity contribution in [3.63, 3.8) is 0 Å². The van der Waals surface area contributed by atoms with E-state index in [9.17, 15) is 9.18 Å². The monoisotopic (exact) mass is 491 g/mol. The summed E-state index contributed by atoms with van der Waals surface area (Å²) in [7, 11) is 0. The molecule has 4 rings (SSSR count). The fourth-order valence-corrected chi connectivity index (χ4v) is 4.09. The van der Waals surface area contributed by atoms with Gasteiger partial charge in [-0.2, -0.15) is 0 Å². The predicted octanol–water partition coefficient (Wildman–Crippen LogP) is 5.23. The molecular formula is C24H24Cl2FN3O3. The average molecular weight is 492 g/mol. The lowest BCUT2D eigenvalue weighted by Crippen LogP contribution is -2.32. The van der Waals surface area contributed by atoms with E-state index in [0.717, 1.165) is 30.6 Å². The summed E-state index contributed by atoms with van der Waals surface area (Å²) in [4.78, 5) is 18.8. The molecule has 9 heteroatoms. The van der Waals surface area contributed by atoms with E-state index >= 15 is 0 Å². The number of benzene rings is 2. The van der Waals surface area contributed by atoms with Gasteiger partial charge in [0.15, 0.2) is 5.69 Å². The van der Waals surface area contributed by atoms with E-state index in [0.29, 0.717) is 42.1 Å². The number of nitrogens with one attached hydrogen (secondary N) is 1. The number of aromatic nitrogens is 1. The van der Waals surface area contributed by atoms with Crippen molar-refractivity contribution in [2.75, 3.05) is 13.2 Å². The summed E-state index contributed by atoms with van der Waals surface area (Å²) in [5.74, 6) is -0.212. The highest BCUT2D eigenvalue weighted by Gasteiger charge is 2.20. The van der Waals surface area contributed by atoms with Crippen molar-refractivity contribution in [3.05, 3.63) is 87.3 Å². The first-order valence-corrected chi connectivity index (χ1v) is 11.5. The first-order valence-electron chi connectivity index (χ1n) is 10.7. The van der Waals surface area contributed by atoms with Gasteiger partial charge in [0.05, 0.1) is 22.7 Å². The van der Waals surface area contributed by atoms with E-state index in [2.05, 4.69) is 10.3 Å². The number of hydrogen-bond acceptors (Lipinski definition) is 5. The van der Waals surface area contributed by atoms with Crippen molar-refractivity contribution < 1.29 is 18.3 Å². The Morgan fingerprint density at radius 3 is 2.73 bits per heavy atom. The molecular weight excluding hydrogens is 468 g/mol. The highest BCUT2D eigenvalue weighted by Crippen LogP contribution is 2.27. The van der Waals surface area contributed by atoms with Crippen molar-refractivity contribution in [2.24, 2.45) is 0 Å². The van der Waals surface area contributed by atoms with E-state index in [1.165, 1.54) is 18.4 Å². The van der Waals surface area contributed by atoms with E-state index in [4.69, 9.17) is 32.4 Å². The minimum atomic E-state index is -0.302. The smallest absolute Gasteiger partial charge is 0.273 e. The molecule has 2 heterocycles. The van der Waals surface area contributed by atoms with Crippen molar-refractivity contribution in [3.8, 4) is 0 Å². The van der Waals surface area contributed by atoms with Crippen molar-refractivity contribution in [1.82, 2.24) is 15.2 Å². The molecule has 0 saturated carbocycles. The van der Waals surface area contributed by atoms with Crippen LogP contribution in [-0.2, 0) is 24.4 Å². The van der Waals surface area contributed by atoms with E-state index < -0.39 is 0 Å². The van der Waals surface area contributed by atoms with Crippen LogP contribution in [-0.4, -0.2) is 35.0 Å². The molecule has 2 aromatic carbocycles. The van der Waals surface area contributed by atoms with Crippen molar-refractivity contribution in [2.45, 2.75) is 38.6 Å². The molecule has 0 aliphatic carbocycles. The molecule has 174 valence electrons. The van der Waals surface area contributed by atoms with Gasteiger partial charge in [0, 0.05) is 26.2 Å². The molecule has 1 aliphatic heterocycles. The van der Waals surface area contributed by atoms with Gasteiger partial charge in [0.1, 0.15) is 12.1 Å². The number of halogens is 3. The number of carbonyl (C=O) groups is 1. The minimum absolute atomic E-state index is 0.0500. The highest BCUT2D eigenvalue weighted by molar-refractivity contribution is 6.42. The molecule has 1 fully saturated rings. The van der Waals surface area contributed by atoms with Crippen LogP contribution in [0.4, 0.5) is 4.39 Å². The number of hydrogen-bond donors (Lipinski definition) is 1. The molecule has 0 spiro atoms. The molecule has 0 radical (unpaired) electrons. The maximum Gasteiger partial charge on any atom is 0.273 e. The molecule has 0 bridgehead atoms. The van der Waals surface area contributed by atoms with Crippen LogP contribution in [0.15, 0.2) is 53.1 Å². The maximum atomic E-state index is 13.3. The highest BCUT2D eigenvalue weighted by atomic mass is 35.5. The molecule has 1 saturated heterocycles. The summed E-state index contributed by atoms with van der Waals surface area (Å²) in [5, 5.41) is 3.78.